The summed E-state index contributed by atoms with van der Waals surface area (Å²) in [6.07, 6.45) is 3.41. The van der Waals surface area contributed by atoms with Crippen molar-refractivity contribution in [2.45, 2.75) is 64.6 Å². The van der Waals surface area contributed by atoms with Gasteiger partial charge in [0.15, 0.2) is 5.96 Å². The molecular weight excluding hydrogens is 404 g/mol. The van der Waals surface area contributed by atoms with E-state index in [-0.39, 0.29) is 11.9 Å². The molecule has 1 aromatic carbocycles. The molecule has 8 heteroatoms. The zero-order valence-electron chi connectivity index (χ0n) is 19.9. The van der Waals surface area contributed by atoms with Crippen LogP contribution in [0, 0.1) is 6.92 Å². The van der Waals surface area contributed by atoms with E-state index in [9.17, 15) is 9.59 Å². The van der Waals surface area contributed by atoms with Crippen molar-refractivity contribution < 1.29 is 9.59 Å². The Balaban J connectivity index is 1.36. The second-order valence-corrected chi connectivity index (χ2v) is 9.05. The van der Waals surface area contributed by atoms with Crippen LogP contribution in [0.3, 0.4) is 0 Å². The Kier molecular flexibility index (Phi) is 8.12. The molecule has 0 radical (unpaired) electrons. The number of likely N-dealkylation sites (tertiary alicyclic amines) is 1. The number of piperidine rings is 1. The SMILES string of the molecule is CCC1(C)NC(=O)N(CCCNC(=NC)NC2CCN(Cc3ccccc3C)CC2)C1=O. The molecule has 3 amide bonds. The summed E-state index contributed by atoms with van der Waals surface area (Å²) >= 11 is 0. The van der Waals surface area contributed by atoms with Gasteiger partial charge in [0.2, 0.25) is 0 Å². The predicted molar refractivity (Wildman–Crippen MR) is 128 cm³/mol. The summed E-state index contributed by atoms with van der Waals surface area (Å²) in [7, 11) is 1.77. The Hall–Kier alpha value is -2.61. The summed E-state index contributed by atoms with van der Waals surface area (Å²) in [5, 5.41) is 9.63. The predicted octanol–water partition coefficient (Wildman–Crippen LogP) is 2.24. The summed E-state index contributed by atoms with van der Waals surface area (Å²) in [5.74, 6) is 0.642. The van der Waals surface area contributed by atoms with E-state index in [1.54, 1.807) is 14.0 Å². The van der Waals surface area contributed by atoms with Crippen LogP contribution in [0.15, 0.2) is 29.3 Å². The van der Waals surface area contributed by atoms with Gasteiger partial charge in [-0.3, -0.25) is 19.6 Å². The zero-order valence-corrected chi connectivity index (χ0v) is 19.9. The molecule has 32 heavy (non-hydrogen) atoms. The Morgan fingerprint density at radius 2 is 1.97 bits per heavy atom. The summed E-state index contributed by atoms with van der Waals surface area (Å²) in [6, 6.07) is 8.69. The number of nitrogens with one attached hydrogen (secondary N) is 3. The van der Waals surface area contributed by atoms with Crippen LogP contribution >= 0.6 is 0 Å². The van der Waals surface area contributed by atoms with E-state index in [4.69, 9.17) is 0 Å². The van der Waals surface area contributed by atoms with Crippen molar-refractivity contribution in [3.05, 3.63) is 35.4 Å². The first-order valence-corrected chi connectivity index (χ1v) is 11.7. The van der Waals surface area contributed by atoms with Gasteiger partial charge in [0.25, 0.3) is 5.91 Å². The first-order chi connectivity index (χ1) is 15.4. The molecular formula is C24H38N6O2. The van der Waals surface area contributed by atoms with Crippen molar-refractivity contribution in [3.63, 3.8) is 0 Å². The molecule has 2 aliphatic rings. The standard InChI is InChI=1S/C24H38N6O2/c1-5-24(3)21(31)30(23(32)28-24)14-8-13-26-22(25-4)27-20-11-15-29(16-12-20)17-19-10-7-6-9-18(19)2/h6-7,9-10,20H,5,8,11-17H2,1-4H3,(H,28,32)(H2,25,26,27). The number of benzene rings is 1. The second-order valence-electron chi connectivity index (χ2n) is 9.05. The molecule has 0 saturated carbocycles. The topological polar surface area (TPSA) is 89.1 Å². The minimum absolute atomic E-state index is 0.134. The van der Waals surface area contributed by atoms with Crippen LogP contribution < -0.4 is 16.0 Å². The first-order valence-electron chi connectivity index (χ1n) is 11.7. The van der Waals surface area contributed by atoms with Gasteiger partial charge < -0.3 is 16.0 Å². The second kappa shape index (κ2) is 10.8. The van der Waals surface area contributed by atoms with E-state index >= 15 is 0 Å². The highest BCUT2D eigenvalue weighted by Gasteiger charge is 2.45. The maximum Gasteiger partial charge on any atom is 0.325 e. The third-order valence-corrected chi connectivity index (χ3v) is 6.71. The van der Waals surface area contributed by atoms with Gasteiger partial charge in [0.1, 0.15) is 5.54 Å². The molecule has 176 valence electrons. The van der Waals surface area contributed by atoms with Gasteiger partial charge in [0.05, 0.1) is 0 Å². The Morgan fingerprint density at radius 3 is 2.59 bits per heavy atom. The number of guanidine groups is 1. The van der Waals surface area contributed by atoms with Crippen molar-refractivity contribution >= 4 is 17.9 Å². The Morgan fingerprint density at radius 1 is 1.25 bits per heavy atom. The van der Waals surface area contributed by atoms with Gasteiger partial charge in [-0.25, -0.2) is 4.79 Å². The fourth-order valence-corrected chi connectivity index (χ4v) is 4.29. The van der Waals surface area contributed by atoms with Crippen molar-refractivity contribution in [1.82, 2.24) is 25.8 Å². The van der Waals surface area contributed by atoms with Gasteiger partial charge in [-0.2, -0.15) is 0 Å². The number of aliphatic imine (C=N–C) groups is 1. The number of hydrogen-bond acceptors (Lipinski definition) is 4. The van der Waals surface area contributed by atoms with Crippen LogP contribution in [0.25, 0.3) is 0 Å². The fourth-order valence-electron chi connectivity index (χ4n) is 4.29. The monoisotopic (exact) mass is 442 g/mol. The smallest absolute Gasteiger partial charge is 0.325 e. The Bertz CT molecular complexity index is 834. The maximum absolute atomic E-state index is 12.5. The van der Waals surface area contributed by atoms with E-state index in [0.717, 1.165) is 38.4 Å². The van der Waals surface area contributed by atoms with Crippen LogP contribution in [0.4, 0.5) is 4.79 Å². The highest BCUT2D eigenvalue weighted by atomic mass is 16.2. The molecule has 1 atom stereocenters. The number of amides is 3. The molecule has 2 fully saturated rings. The number of hydrogen-bond donors (Lipinski definition) is 3. The largest absolute Gasteiger partial charge is 0.356 e. The lowest BCUT2D eigenvalue weighted by Gasteiger charge is -2.33. The normalized spacial score (nSPS) is 22.9. The molecule has 3 N–H and O–H groups in total. The van der Waals surface area contributed by atoms with Crippen LogP contribution in [0.1, 0.15) is 50.7 Å². The highest BCUT2D eigenvalue weighted by molar-refractivity contribution is 6.06. The molecule has 1 unspecified atom stereocenters. The van der Waals surface area contributed by atoms with Crippen LogP contribution in [-0.4, -0.2) is 72.5 Å². The van der Waals surface area contributed by atoms with Crippen molar-refractivity contribution in [2.24, 2.45) is 4.99 Å². The number of imide groups is 1. The number of rotatable bonds is 8. The molecule has 2 aliphatic heterocycles. The van der Waals surface area contributed by atoms with Gasteiger partial charge in [-0.15, -0.1) is 0 Å². The molecule has 0 spiro atoms. The fraction of sp³-hybridized carbons (Fsp3) is 0.625. The Labute approximate surface area is 191 Å². The van der Waals surface area contributed by atoms with E-state index < -0.39 is 5.54 Å². The molecule has 0 aliphatic carbocycles. The number of aryl methyl sites for hydroxylation is 1. The van der Waals surface area contributed by atoms with E-state index in [1.807, 2.05) is 6.92 Å². The van der Waals surface area contributed by atoms with Crippen LogP contribution in [0.5, 0.6) is 0 Å². The summed E-state index contributed by atoms with van der Waals surface area (Å²) in [5.41, 5.74) is 1.99. The third-order valence-electron chi connectivity index (χ3n) is 6.71. The average molecular weight is 443 g/mol. The summed E-state index contributed by atoms with van der Waals surface area (Å²) in [4.78, 5) is 32.7. The molecule has 8 nitrogen and oxygen atoms in total. The maximum atomic E-state index is 12.5. The molecule has 2 saturated heterocycles. The van der Waals surface area contributed by atoms with E-state index in [0.29, 0.717) is 32.0 Å². The lowest BCUT2D eigenvalue weighted by Crippen LogP contribution is -2.49. The number of carbonyl (C=O) groups excluding carboxylic acids is 2. The number of nitrogens with zero attached hydrogens (tertiary/aromatic N) is 3. The van der Waals surface area contributed by atoms with Crippen molar-refractivity contribution in [1.29, 1.82) is 0 Å². The van der Waals surface area contributed by atoms with Gasteiger partial charge in [-0.1, -0.05) is 31.2 Å². The quantitative estimate of drug-likeness (QED) is 0.249. The van der Waals surface area contributed by atoms with Gasteiger partial charge >= 0.3 is 6.03 Å². The molecule has 1 aromatic rings. The average Bonchev–Trinajstić information content (AvgIpc) is 3.01. The van der Waals surface area contributed by atoms with E-state index in [1.165, 1.54) is 16.0 Å². The minimum atomic E-state index is -0.768. The minimum Gasteiger partial charge on any atom is -0.356 e. The molecule has 0 bridgehead atoms. The highest BCUT2D eigenvalue weighted by Crippen LogP contribution is 2.20. The first kappa shape index (κ1) is 24.0. The van der Waals surface area contributed by atoms with Crippen LogP contribution in [0.2, 0.25) is 0 Å². The molecule has 3 rings (SSSR count). The van der Waals surface area contributed by atoms with E-state index in [2.05, 4.69) is 57.0 Å². The molecule has 2 heterocycles. The summed E-state index contributed by atoms with van der Waals surface area (Å²) in [6.45, 7) is 10.0. The lowest BCUT2D eigenvalue weighted by atomic mass is 9.99. The van der Waals surface area contributed by atoms with Crippen LogP contribution in [-0.2, 0) is 11.3 Å². The van der Waals surface area contributed by atoms with Gasteiger partial charge in [0, 0.05) is 45.8 Å². The lowest BCUT2D eigenvalue weighted by molar-refractivity contribution is -0.130. The number of urea groups is 1. The molecule has 0 aromatic heterocycles. The van der Waals surface area contributed by atoms with Gasteiger partial charge in [-0.05, 0) is 50.7 Å². The third kappa shape index (κ3) is 5.79. The summed E-state index contributed by atoms with van der Waals surface area (Å²) < 4.78 is 0. The zero-order chi connectivity index (χ0) is 23.1. The van der Waals surface area contributed by atoms with Crippen molar-refractivity contribution in [2.75, 3.05) is 33.2 Å². The number of carbonyl (C=O) groups is 2. The van der Waals surface area contributed by atoms with Crippen molar-refractivity contribution in [3.8, 4) is 0 Å².